The third-order valence-electron chi connectivity index (χ3n) is 15.3. The topological polar surface area (TPSA) is 171 Å². The Morgan fingerprint density at radius 2 is 1.85 bits per heavy atom. The second-order valence-electron chi connectivity index (χ2n) is 21.3. The fourth-order valence-electron chi connectivity index (χ4n) is 11.4. The van der Waals surface area contributed by atoms with E-state index in [1.165, 1.54) is 16.0 Å². The van der Waals surface area contributed by atoms with Gasteiger partial charge in [-0.2, -0.15) is 0 Å². The number of rotatable bonds is 9. The lowest BCUT2D eigenvalue weighted by atomic mass is 9.84. The van der Waals surface area contributed by atoms with E-state index >= 15 is 0 Å². The first kappa shape index (κ1) is 51.7. The summed E-state index contributed by atoms with van der Waals surface area (Å²) in [4.78, 5) is 82.3. The van der Waals surface area contributed by atoms with Crippen molar-refractivity contribution in [3.8, 4) is 11.3 Å². The predicted octanol–water partition coefficient (Wildman–Crippen LogP) is 5.58. The van der Waals surface area contributed by atoms with E-state index in [-0.39, 0.29) is 43.0 Å². The standard InChI is InChI=1S/C54H75N9O8/c1-10-45(64)61-27-28-71-54(33-61)20-25-60(26-21-54)52(68)58(8)47(35(3)4)49(65)56-43-32-59-23-13-15-38(31-59)37-18-19-44-40(29-37)41(48(62(44)11-2)39-16-12-22-55-46(39)36(5)69-9)30-53(6,7)34-70-51(67)42-17-14-24-63(57-42)50(43)66/h10,12,15-16,18-19,22,29,35-36,42-43,47,57H,1,11,13-14,17,20-21,23-28,30-34H2,2-9H3,(H,56,65)/t36-,42-,43-,47?/m0/s1. The highest BCUT2D eigenvalue weighted by Gasteiger charge is 2.44. The van der Waals surface area contributed by atoms with Crippen molar-refractivity contribution in [2.45, 2.75) is 116 Å². The quantitative estimate of drug-likeness (QED) is 0.203. The summed E-state index contributed by atoms with van der Waals surface area (Å²) in [6, 6.07) is 7.78. The molecule has 2 aromatic heterocycles. The van der Waals surface area contributed by atoms with Crippen molar-refractivity contribution < 1.29 is 38.2 Å². The number of amides is 5. The van der Waals surface area contributed by atoms with Gasteiger partial charge in [0.05, 0.1) is 42.9 Å². The number of carbonyl (C=O) groups excluding carboxylic acids is 5. The van der Waals surface area contributed by atoms with Crippen LogP contribution >= 0.6 is 0 Å². The van der Waals surface area contributed by atoms with Crippen molar-refractivity contribution in [2.75, 3.05) is 79.7 Å². The Hall–Kier alpha value is -5.62. The Balaban J connectivity index is 1.09. The molecule has 5 aliphatic rings. The Kier molecular flexibility index (Phi) is 15.7. The van der Waals surface area contributed by atoms with Gasteiger partial charge in [0.15, 0.2) is 0 Å². The average molecular weight is 978 g/mol. The monoisotopic (exact) mass is 978 g/mol. The van der Waals surface area contributed by atoms with E-state index < -0.39 is 41.0 Å². The van der Waals surface area contributed by atoms with Gasteiger partial charge >= 0.3 is 12.0 Å². The predicted molar refractivity (Wildman–Crippen MR) is 272 cm³/mol. The number of cyclic esters (lactones) is 1. The summed E-state index contributed by atoms with van der Waals surface area (Å²) in [5, 5.41) is 5.71. The number of nitrogens with one attached hydrogen (secondary N) is 2. The van der Waals surface area contributed by atoms with E-state index in [9.17, 15) is 24.0 Å². The van der Waals surface area contributed by atoms with E-state index in [2.05, 4.69) is 77.9 Å². The number of aryl methyl sites for hydroxylation is 1. The van der Waals surface area contributed by atoms with Gasteiger partial charge in [-0.3, -0.25) is 34.1 Å². The number of esters is 1. The fourth-order valence-corrected chi connectivity index (χ4v) is 11.4. The molecular weight excluding hydrogens is 903 g/mol. The van der Waals surface area contributed by atoms with Gasteiger partial charge in [0.1, 0.15) is 18.1 Å². The summed E-state index contributed by atoms with van der Waals surface area (Å²) in [7, 11) is 3.34. The SMILES string of the molecule is C=CC(=O)N1CCOC2(CCN(C(=O)N(C)C(C(=O)N[C@H]3CN4CCC=C(C4)c4ccc5c(c4)c(c(-c4cccnc4[C@H](C)OC)n5CC)CC(C)(C)COC(=O)[C@@H]4CCCN(N4)C3=O)C(C)C)CC2)C1. The Morgan fingerprint density at radius 1 is 1.07 bits per heavy atom. The van der Waals surface area contributed by atoms with Gasteiger partial charge in [0.25, 0.3) is 5.91 Å². The van der Waals surface area contributed by atoms with Crippen molar-refractivity contribution in [3.63, 3.8) is 0 Å². The lowest BCUT2D eigenvalue weighted by molar-refractivity contribution is -0.156. The van der Waals surface area contributed by atoms with Crippen LogP contribution in [0, 0.1) is 11.3 Å². The molecule has 7 heterocycles. The minimum absolute atomic E-state index is 0.134. The summed E-state index contributed by atoms with van der Waals surface area (Å²) in [5.41, 5.74) is 9.51. The summed E-state index contributed by atoms with van der Waals surface area (Å²) in [6.07, 6.45) is 8.64. The van der Waals surface area contributed by atoms with Gasteiger partial charge < -0.3 is 38.8 Å². The molecule has 8 rings (SSSR count). The smallest absolute Gasteiger partial charge is 0.324 e. The molecule has 17 nitrogen and oxygen atoms in total. The van der Waals surface area contributed by atoms with Crippen LogP contribution in [-0.2, 0) is 46.4 Å². The number of pyridine rings is 1. The lowest BCUT2D eigenvalue weighted by Crippen LogP contribution is -2.64. The molecule has 17 heteroatoms. The molecule has 0 aliphatic carbocycles. The molecule has 2 unspecified atom stereocenters. The second kappa shape index (κ2) is 21.6. The molecule has 0 radical (unpaired) electrons. The molecule has 71 heavy (non-hydrogen) atoms. The number of hydrogen-bond donors (Lipinski definition) is 2. The summed E-state index contributed by atoms with van der Waals surface area (Å²) >= 11 is 0. The number of likely N-dealkylation sites (N-methyl/N-ethyl adjacent to an activating group) is 1. The fraction of sp³-hybridized carbons (Fsp3) is 0.593. The highest BCUT2D eigenvalue weighted by molar-refractivity contribution is 5.95. The summed E-state index contributed by atoms with van der Waals surface area (Å²) in [5.74, 6) is -1.67. The van der Waals surface area contributed by atoms with Crippen LogP contribution in [0.4, 0.5) is 4.79 Å². The van der Waals surface area contributed by atoms with Crippen LogP contribution in [0.1, 0.15) is 96.6 Å². The first-order chi connectivity index (χ1) is 34.0. The van der Waals surface area contributed by atoms with E-state index in [0.717, 1.165) is 51.0 Å². The second-order valence-corrected chi connectivity index (χ2v) is 21.3. The molecule has 1 aromatic carbocycles. The zero-order valence-electron chi connectivity index (χ0n) is 43.1. The minimum atomic E-state index is -1.01. The number of ether oxygens (including phenoxy) is 3. The van der Waals surface area contributed by atoms with E-state index in [0.29, 0.717) is 91.1 Å². The first-order valence-electron chi connectivity index (χ1n) is 25.6. The Bertz CT molecular complexity index is 2530. The number of fused-ring (bicyclic) bond motifs is 6. The van der Waals surface area contributed by atoms with E-state index in [4.69, 9.17) is 19.2 Å². The Morgan fingerprint density at radius 3 is 2.56 bits per heavy atom. The number of aromatic nitrogens is 2. The molecule has 0 saturated carbocycles. The van der Waals surface area contributed by atoms with Crippen LogP contribution < -0.4 is 10.7 Å². The highest BCUT2D eigenvalue weighted by Crippen LogP contribution is 2.42. The van der Waals surface area contributed by atoms with Gasteiger partial charge in [-0.1, -0.05) is 46.4 Å². The third kappa shape index (κ3) is 10.9. The minimum Gasteiger partial charge on any atom is -0.464 e. The maximum absolute atomic E-state index is 14.8. The van der Waals surface area contributed by atoms with Gasteiger partial charge in [0.2, 0.25) is 11.8 Å². The molecule has 3 aromatic rings. The van der Waals surface area contributed by atoms with Crippen LogP contribution in [-0.4, -0.2) is 167 Å². The van der Waals surface area contributed by atoms with Crippen LogP contribution in [0.2, 0.25) is 0 Å². The number of hydrazine groups is 1. The van der Waals surface area contributed by atoms with Gasteiger partial charge in [-0.15, -0.1) is 0 Å². The average Bonchev–Trinajstić information content (AvgIpc) is 3.67. The van der Waals surface area contributed by atoms with Gasteiger partial charge in [-0.25, -0.2) is 10.2 Å². The van der Waals surface area contributed by atoms with Crippen molar-refractivity contribution in [2.24, 2.45) is 11.3 Å². The Labute approximate surface area is 418 Å². The molecule has 6 bridgehead atoms. The summed E-state index contributed by atoms with van der Waals surface area (Å²) in [6.45, 7) is 20.6. The number of nitrogens with zero attached hydrogens (tertiary/aromatic N) is 7. The molecule has 5 amide bonds. The zero-order chi connectivity index (χ0) is 50.8. The van der Waals surface area contributed by atoms with Crippen molar-refractivity contribution in [1.29, 1.82) is 0 Å². The number of hydrogen-bond acceptors (Lipinski definition) is 11. The largest absolute Gasteiger partial charge is 0.464 e. The number of likely N-dealkylation sites (tertiary alicyclic amines) is 1. The van der Waals surface area contributed by atoms with Crippen LogP contribution in [0.25, 0.3) is 27.7 Å². The van der Waals surface area contributed by atoms with Crippen molar-refractivity contribution in [3.05, 3.63) is 72.1 Å². The molecule has 1 spiro atoms. The number of urea groups is 1. The van der Waals surface area contributed by atoms with Crippen LogP contribution in [0.15, 0.2) is 55.3 Å². The van der Waals surface area contributed by atoms with E-state index in [1.807, 2.05) is 26.8 Å². The number of morpholine rings is 1. The molecule has 2 N–H and O–H groups in total. The molecule has 3 fully saturated rings. The molecule has 5 aliphatic heterocycles. The summed E-state index contributed by atoms with van der Waals surface area (Å²) < 4.78 is 20.6. The lowest BCUT2D eigenvalue weighted by Gasteiger charge is -2.47. The molecular formula is C54H75N9O8. The zero-order valence-corrected chi connectivity index (χ0v) is 43.1. The number of piperidine rings is 1. The third-order valence-corrected chi connectivity index (χ3v) is 15.3. The van der Waals surface area contributed by atoms with Crippen molar-refractivity contribution >= 4 is 46.2 Å². The number of methoxy groups -OCH3 is 1. The molecule has 384 valence electrons. The maximum Gasteiger partial charge on any atom is 0.324 e. The molecule has 3 saturated heterocycles. The normalized spacial score (nSPS) is 23.6. The van der Waals surface area contributed by atoms with Crippen LogP contribution in [0.3, 0.4) is 0 Å². The van der Waals surface area contributed by atoms with Crippen molar-refractivity contribution in [1.82, 2.24) is 44.9 Å². The number of benzene rings is 1. The molecule has 5 atom stereocenters. The van der Waals surface area contributed by atoms with Gasteiger partial charge in [0, 0.05) is 94.6 Å². The van der Waals surface area contributed by atoms with E-state index in [1.54, 1.807) is 30.2 Å². The number of carbonyl (C=O) groups is 5. The van der Waals surface area contributed by atoms with Gasteiger partial charge in [-0.05, 0) is 105 Å². The first-order valence-corrected chi connectivity index (χ1v) is 25.6. The van der Waals surface area contributed by atoms with Crippen LogP contribution in [0.5, 0.6) is 0 Å². The maximum atomic E-state index is 14.8. The highest BCUT2D eigenvalue weighted by atomic mass is 16.5.